The summed E-state index contributed by atoms with van der Waals surface area (Å²) in [5.41, 5.74) is 5.42. The lowest BCUT2D eigenvalue weighted by Gasteiger charge is -2.23. The summed E-state index contributed by atoms with van der Waals surface area (Å²) in [6.07, 6.45) is -0.807. The molecule has 0 saturated heterocycles. The fraction of sp³-hybridized carbons (Fsp3) is 0.0769. The number of benzene rings is 3. The lowest BCUT2D eigenvalue weighted by Crippen LogP contribution is -2.46. The molecule has 0 spiro atoms. The Morgan fingerprint density at radius 3 is 2.26 bits per heavy atom. The number of hydrogen-bond acceptors (Lipinski definition) is 6. The number of pyridine rings is 1. The van der Waals surface area contributed by atoms with Crippen LogP contribution in [0.1, 0.15) is 15.9 Å². The van der Waals surface area contributed by atoms with E-state index in [1.807, 2.05) is 42.5 Å². The number of carbonyl (C=O) groups is 2. The maximum Gasteiger partial charge on any atom is 0.433 e. The summed E-state index contributed by atoms with van der Waals surface area (Å²) in [6, 6.07) is 24.7. The fourth-order valence-electron chi connectivity index (χ4n) is 3.56. The molecule has 4 rings (SSSR count). The standard InChI is InChI=1S/C26H20N4O4/c1-33-24-22(20-10-6-7-11-21(20)28-23(24)18-8-4-3-5-9-18)25(31)29-30(26(32)34-2)19-14-12-17(16-27)13-15-19/h3-15H,1-2H3,(H,29,31). The molecule has 0 aliphatic heterocycles. The normalized spacial score (nSPS) is 10.3. The van der Waals surface area contributed by atoms with Crippen LogP contribution in [-0.4, -0.2) is 31.2 Å². The SMILES string of the molecule is COC(=O)N(NC(=O)c1c(OC)c(-c2ccccc2)nc2ccccc12)c1ccc(C#N)cc1. The van der Waals surface area contributed by atoms with Crippen LogP contribution in [0.25, 0.3) is 22.2 Å². The van der Waals surface area contributed by atoms with Crippen LogP contribution < -0.4 is 15.2 Å². The highest BCUT2D eigenvalue weighted by molar-refractivity contribution is 6.12. The molecule has 1 heterocycles. The van der Waals surface area contributed by atoms with E-state index in [1.54, 1.807) is 18.2 Å². The summed E-state index contributed by atoms with van der Waals surface area (Å²) in [5, 5.41) is 10.6. The van der Waals surface area contributed by atoms with Gasteiger partial charge in [-0.05, 0) is 30.3 Å². The van der Waals surface area contributed by atoms with E-state index in [1.165, 1.54) is 38.5 Å². The van der Waals surface area contributed by atoms with Gasteiger partial charge in [-0.25, -0.2) is 9.78 Å². The largest absolute Gasteiger partial charge is 0.494 e. The van der Waals surface area contributed by atoms with Crippen LogP contribution >= 0.6 is 0 Å². The molecule has 0 radical (unpaired) electrons. The van der Waals surface area contributed by atoms with Crippen LogP contribution in [0, 0.1) is 11.3 Å². The first-order valence-electron chi connectivity index (χ1n) is 10.3. The van der Waals surface area contributed by atoms with E-state index in [4.69, 9.17) is 19.7 Å². The van der Waals surface area contributed by atoms with Crippen LogP contribution in [0.15, 0.2) is 78.9 Å². The lowest BCUT2D eigenvalue weighted by molar-refractivity contribution is 0.0939. The molecule has 34 heavy (non-hydrogen) atoms. The van der Waals surface area contributed by atoms with Gasteiger partial charge < -0.3 is 9.47 Å². The number of aromatic nitrogens is 1. The molecule has 0 atom stereocenters. The van der Waals surface area contributed by atoms with Crippen molar-refractivity contribution >= 4 is 28.6 Å². The van der Waals surface area contributed by atoms with E-state index in [0.717, 1.165) is 10.6 Å². The van der Waals surface area contributed by atoms with Gasteiger partial charge in [0.1, 0.15) is 5.69 Å². The van der Waals surface area contributed by atoms with Gasteiger partial charge in [0, 0.05) is 10.9 Å². The van der Waals surface area contributed by atoms with Gasteiger partial charge >= 0.3 is 6.09 Å². The summed E-state index contributed by atoms with van der Waals surface area (Å²) in [4.78, 5) is 30.9. The topological polar surface area (TPSA) is 105 Å². The second kappa shape index (κ2) is 9.71. The number of para-hydroxylation sites is 1. The van der Waals surface area contributed by atoms with E-state index in [-0.39, 0.29) is 11.3 Å². The molecule has 0 aliphatic carbocycles. The van der Waals surface area contributed by atoms with Crippen LogP contribution in [0.5, 0.6) is 5.75 Å². The van der Waals surface area contributed by atoms with Crippen molar-refractivity contribution in [1.82, 2.24) is 10.4 Å². The zero-order chi connectivity index (χ0) is 24.1. The lowest BCUT2D eigenvalue weighted by atomic mass is 10.0. The first-order chi connectivity index (χ1) is 16.6. The minimum atomic E-state index is -0.807. The molecule has 0 unspecified atom stereocenters. The molecule has 0 fully saturated rings. The summed E-state index contributed by atoms with van der Waals surface area (Å²) >= 11 is 0. The van der Waals surface area contributed by atoms with Crippen LogP contribution in [0.3, 0.4) is 0 Å². The first-order valence-corrected chi connectivity index (χ1v) is 10.3. The number of carbonyl (C=O) groups excluding carboxylic acids is 2. The Hall–Kier alpha value is -4.90. The van der Waals surface area contributed by atoms with Gasteiger partial charge in [-0.1, -0.05) is 48.5 Å². The van der Waals surface area contributed by atoms with Crippen molar-refractivity contribution in [3.8, 4) is 23.1 Å². The smallest absolute Gasteiger partial charge is 0.433 e. The van der Waals surface area contributed by atoms with Crippen LogP contribution in [0.2, 0.25) is 0 Å². The summed E-state index contributed by atoms with van der Waals surface area (Å²) in [5.74, 6) is -0.325. The third-order valence-electron chi connectivity index (χ3n) is 5.15. The number of rotatable bonds is 4. The second-order valence-electron chi connectivity index (χ2n) is 7.16. The Balaban J connectivity index is 1.85. The zero-order valence-electron chi connectivity index (χ0n) is 18.5. The van der Waals surface area contributed by atoms with Crippen molar-refractivity contribution < 1.29 is 19.1 Å². The fourth-order valence-corrected chi connectivity index (χ4v) is 3.56. The number of anilines is 1. The number of nitriles is 1. The van der Waals surface area contributed by atoms with Gasteiger partial charge in [0.2, 0.25) is 0 Å². The van der Waals surface area contributed by atoms with Gasteiger partial charge in [-0.15, -0.1) is 0 Å². The van der Waals surface area contributed by atoms with E-state index in [0.29, 0.717) is 27.8 Å². The monoisotopic (exact) mass is 452 g/mol. The Bertz CT molecular complexity index is 1400. The molecular formula is C26H20N4O4. The van der Waals surface area contributed by atoms with Crippen molar-refractivity contribution in [3.05, 3.63) is 90.0 Å². The number of hydrazine groups is 1. The van der Waals surface area contributed by atoms with E-state index < -0.39 is 12.0 Å². The predicted octanol–water partition coefficient (Wildman–Crippen LogP) is 4.70. The highest BCUT2D eigenvalue weighted by atomic mass is 16.5. The van der Waals surface area contributed by atoms with Crippen molar-refractivity contribution in [3.63, 3.8) is 0 Å². The first kappa shape index (κ1) is 22.3. The quantitative estimate of drug-likeness (QED) is 0.450. The number of ether oxygens (including phenoxy) is 2. The van der Waals surface area contributed by atoms with E-state index in [2.05, 4.69) is 5.43 Å². The van der Waals surface area contributed by atoms with Crippen LogP contribution in [-0.2, 0) is 4.74 Å². The summed E-state index contributed by atoms with van der Waals surface area (Å²) in [7, 11) is 2.68. The maximum atomic E-state index is 13.6. The molecule has 0 bridgehead atoms. The summed E-state index contributed by atoms with van der Waals surface area (Å²) < 4.78 is 10.5. The van der Waals surface area contributed by atoms with Gasteiger partial charge in [0.25, 0.3) is 5.91 Å². The second-order valence-corrected chi connectivity index (χ2v) is 7.16. The highest BCUT2D eigenvalue weighted by Crippen LogP contribution is 2.36. The minimum absolute atomic E-state index is 0.217. The van der Waals surface area contributed by atoms with Gasteiger partial charge in [-0.2, -0.15) is 10.3 Å². The average Bonchev–Trinajstić information content (AvgIpc) is 2.90. The molecule has 4 aromatic rings. The number of methoxy groups -OCH3 is 2. The third-order valence-corrected chi connectivity index (χ3v) is 5.15. The molecule has 2 amide bonds. The Morgan fingerprint density at radius 2 is 1.62 bits per heavy atom. The average molecular weight is 452 g/mol. The highest BCUT2D eigenvalue weighted by Gasteiger charge is 2.26. The van der Waals surface area contributed by atoms with E-state index >= 15 is 0 Å². The zero-order valence-corrected chi connectivity index (χ0v) is 18.5. The van der Waals surface area contributed by atoms with Crippen molar-refractivity contribution in [2.75, 3.05) is 19.2 Å². The van der Waals surface area contributed by atoms with Crippen molar-refractivity contribution in [1.29, 1.82) is 5.26 Å². The predicted molar refractivity (Wildman–Crippen MR) is 127 cm³/mol. The molecular weight excluding hydrogens is 432 g/mol. The number of hydrogen-bond donors (Lipinski definition) is 1. The Kier molecular flexibility index (Phi) is 6.37. The van der Waals surface area contributed by atoms with Gasteiger partial charge in [-0.3, -0.25) is 10.2 Å². The molecule has 8 heteroatoms. The van der Waals surface area contributed by atoms with E-state index in [9.17, 15) is 9.59 Å². The summed E-state index contributed by atoms with van der Waals surface area (Å²) in [6.45, 7) is 0. The molecule has 3 aromatic carbocycles. The van der Waals surface area contributed by atoms with Crippen LogP contribution in [0.4, 0.5) is 10.5 Å². The third kappa shape index (κ3) is 4.23. The molecule has 0 saturated carbocycles. The maximum absolute atomic E-state index is 13.6. The Morgan fingerprint density at radius 1 is 0.941 bits per heavy atom. The minimum Gasteiger partial charge on any atom is -0.494 e. The number of nitrogens with one attached hydrogen (secondary N) is 1. The number of nitrogens with zero attached hydrogens (tertiary/aromatic N) is 3. The van der Waals surface area contributed by atoms with Crippen molar-refractivity contribution in [2.45, 2.75) is 0 Å². The van der Waals surface area contributed by atoms with Crippen molar-refractivity contribution in [2.24, 2.45) is 0 Å². The molecule has 168 valence electrons. The van der Waals surface area contributed by atoms with Gasteiger partial charge in [0.05, 0.1) is 42.6 Å². The molecule has 1 aromatic heterocycles. The molecule has 8 nitrogen and oxygen atoms in total. The molecule has 0 aliphatic rings. The molecule has 1 N–H and O–H groups in total. The van der Waals surface area contributed by atoms with Gasteiger partial charge in [0.15, 0.2) is 5.75 Å². The number of amides is 2. The number of fused-ring (bicyclic) bond motifs is 1. The Labute approximate surface area is 195 Å².